The van der Waals surface area contributed by atoms with Gasteiger partial charge in [0.1, 0.15) is 0 Å². The fourth-order valence-corrected chi connectivity index (χ4v) is 2.79. The minimum Gasteiger partial charge on any atom is -0.403 e. The van der Waals surface area contributed by atoms with Crippen molar-refractivity contribution in [2.45, 2.75) is 0 Å². The molecular formula is C15H9ClN4O4S. The van der Waals surface area contributed by atoms with Gasteiger partial charge in [-0.1, -0.05) is 40.2 Å². The molecule has 0 aliphatic carbocycles. The molecule has 0 unspecified atom stereocenters. The third kappa shape index (κ3) is 4.08. The van der Waals surface area contributed by atoms with Gasteiger partial charge < -0.3 is 4.42 Å². The van der Waals surface area contributed by atoms with Crippen LogP contribution in [0.15, 0.2) is 46.9 Å². The van der Waals surface area contributed by atoms with Gasteiger partial charge in [0.2, 0.25) is 0 Å². The summed E-state index contributed by atoms with van der Waals surface area (Å²) in [5, 5.41) is 21.0. The van der Waals surface area contributed by atoms with Crippen LogP contribution >= 0.6 is 22.9 Å². The number of carbonyl (C=O) groups is 1. The SMILES string of the molecule is O=C(C=Cc1ccc([N+](=O)[O-])s1)Nc1nnc(-c2ccccc2Cl)o1. The summed E-state index contributed by atoms with van der Waals surface area (Å²) in [7, 11) is 0. The molecule has 0 radical (unpaired) electrons. The van der Waals surface area contributed by atoms with Gasteiger partial charge in [-0.2, -0.15) is 0 Å². The van der Waals surface area contributed by atoms with Crippen molar-refractivity contribution >= 4 is 45.9 Å². The number of halogens is 1. The first-order valence-electron chi connectivity index (χ1n) is 6.84. The highest BCUT2D eigenvalue weighted by molar-refractivity contribution is 7.16. The van der Waals surface area contributed by atoms with E-state index < -0.39 is 10.8 Å². The lowest BCUT2D eigenvalue weighted by atomic mass is 10.2. The van der Waals surface area contributed by atoms with Crippen molar-refractivity contribution in [1.29, 1.82) is 0 Å². The molecule has 126 valence electrons. The van der Waals surface area contributed by atoms with E-state index in [4.69, 9.17) is 16.0 Å². The zero-order valence-electron chi connectivity index (χ0n) is 12.4. The van der Waals surface area contributed by atoms with E-state index in [1.807, 2.05) is 0 Å². The van der Waals surface area contributed by atoms with Crippen molar-refractivity contribution in [1.82, 2.24) is 10.2 Å². The van der Waals surface area contributed by atoms with Gasteiger partial charge in [0.25, 0.3) is 11.8 Å². The van der Waals surface area contributed by atoms with Crippen LogP contribution in [-0.4, -0.2) is 21.0 Å². The molecule has 0 saturated heterocycles. The second kappa shape index (κ2) is 7.24. The Morgan fingerprint density at radius 1 is 1.28 bits per heavy atom. The minimum absolute atomic E-state index is 0.00124. The molecule has 3 rings (SSSR count). The van der Waals surface area contributed by atoms with Crippen LogP contribution in [0.1, 0.15) is 4.88 Å². The smallest absolute Gasteiger partial charge is 0.324 e. The van der Waals surface area contributed by atoms with Crippen LogP contribution in [0.2, 0.25) is 5.02 Å². The van der Waals surface area contributed by atoms with Gasteiger partial charge >= 0.3 is 11.0 Å². The van der Waals surface area contributed by atoms with Crippen molar-refractivity contribution in [3.8, 4) is 11.5 Å². The minimum atomic E-state index is -0.509. The summed E-state index contributed by atoms with van der Waals surface area (Å²) in [6, 6.07) is 9.77. The molecular weight excluding hydrogens is 368 g/mol. The Bertz CT molecular complexity index is 966. The van der Waals surface area contributed by atoms with Crippen LogP contribution in [0, 0.1) is 10.1 Å². The number of rotatable bonds is 5. The van der Waals surface area contributed by atoms with Gasteiger partial charge in [-0.05, 0) is 24.3 Å². The van der Waals surface area contributed by atoms with Gasteiger partial charge in [0.15, 0.2) is 0 Å². The van der Waals surface area contributed by atoms with Crippen LogP contribution in [0.25, 0.3) is 17.5 Å². The lowest BCUT2D eigenvalue weighted by Gasteiger charge is -1.97. The second-order valence-electron chi connectivity index (χ2n) is 4.65. The van der Waals surface area contributed by atoms with Crippen LogP contribution in [-0.2, 0) is 4.79 Å². The van der Waals surface area contributed by atoms with Gasteiger partial charge in [-0.3, -0.25) is 20.2 Å². The molecule has 0 fully saturated rings. The fraction of sp³-hybridized carbons (Fsp3) is 0. The van der Waals surface area contributed by atoms with Gasteiger partial charge in [0, 0.05) is 17.0 Å². The quantitative estimate of drug-likeness (QED) is 0.409. The summed E-state index contributed by atoms with van der Waals surface area (Å²) < 4.78 is 5.35. The number of nitrogens with one attached hydrogen (secondary N) is 1. The first kappa shape index (κ1) is 16.8. The molecule has 0 saturated carbocycles. The van der Waals surface area contributed by atoms with Gasteiger partial charge in [0.05, 0.1) is 15.5 Å². The van der Waals surface area contributed by atoms with Crippen molar-refractivity contribution in [2.24, 2.45) is 0 Å². The standard InChI is InChI=1S/C15H9ClN4O4S/c16-11-4-2-1-3-10(11)14-18-19-15(24-14)17-12(21)7-5-9-6-8-13(25-9)20(22)23/h1-8H,(H,17,19,21). The Morgan fingerprint density at radius 2 is 2.08 bits per heavy atom. The van der Waals surface area contributed by atoms with Gasteiger partial charge in [-0.25, -0.2) is 0 Å². The van der Waals surface area contributed by atoms with Crippen LogP contribution in [0.3, 0.4) is 0 Å². The molecule has 1 aromatic carbocycles. The molecule has 1 N–H and O–H groups in total. The van der Waals surface area contributed by atoms with E-state index in [9.17, 15) is 14.9 Å². The van der Waals surface area contributed by atoms with Crippen molar-refractivity contribution < 1.29 is 14.1 Å². The number of nitrogens with zero attached hydrogens (tertiary/aromatic N) is 3. The summed E-state index contributed by atoms with van der Waals surface area (Å²) in [5.74, 6) is -0.329. The van der Waals surface area contributed by atoms with Gasteiger partial charge in [-0.15, -0.1) is 5.10 Å². The van der Waals surface area contributed by atoms with Crippen LogP contribution in [0.5, 0.6) is 0 Å². The third-order valence-electron chi connectivity index (χ3n) is 2.95. The molecule has 3 aromatic rings. The van der Waals surface area contributed by atoms with E-state index in [1.54, 1.807) is 30.3 Å². The Balaban J connectivity index is 1.66. The largest absolute Gasteiger partial charge is 0.403 e. The topological polar surface area (TPSA) is 111 Å². The van der Waals surface area contributed by atoms with Crippen molar-refractivity contribution in [2.75, 3.05) is 5.32 Å². The monoisotopic (exact) mass is 376 g/mol. The zero-order chi connectivity index (χ0) is 17.8. The third-order valence-corrected chi connectivity index (χ3v) is 4.28. The zero-order valence-corrected chi connectivity index (χ0v) is 14.0. The number of benzene rings is 1. The highest BCUT2D eigenvalue weighted by Crippen LogP contribution is 2.27. The van der Waals surface area contributed by atoms with E-state index in [0.29, 0.717) is 15.5 Å². The predicted molar refractivity (Wildman–Crippen MR) is 93.4 cm³/mol. The molecule has 10 heteroatoms. The summed E-state index contributed by atoms with van der Waals surface area (Å²) in [6.45, 7) is 0. The normalized spacial score (nSPS) is 10.9. The fourth-order valence-electron chi connectivity index (χ4n) is 1.85. The lowest BCUT2D eigenvalue weighted by molar-refractivity contribution is -0.380. The molecule has 0 spiro atoms. The van der Waals surface area contributed by atoms with Crippen LogP contribution in [0.4, 0.5) is 11.0 Å². The molecule has 1 amide bonds. The van der Waals surface area contributed by atoms with E-state index >= 15 is 0 Å². The number of carbonyl (C=O) groups excluding carboxylic acids is 1. The molecule has 25 heavy (non-hydrogen) atoms. The van der Waals surface area contributed by atoms with Crippen molar-refractivity contribution in [3.05, 3.63) is 62.5 Å². The number of amides is 1. The lowest BCUT2D eigenvalue weighted by Crippen LogP contribution is -2.07. The molecule has 0 bridgehead atoms. The molecule has 0 aliphatic rings. The maximum absolute atomic E-state index is 11.9. The first-order valence-corrected chi connectivity index (χ1v) is 8.04. The highest BCUT2D eigenvalue weighted by atomic mass is 35.5. The Hall–Kier alpha value is -3.04. The second-order valence-corrected chi connectivity index (χ2v) is 6.15. The summed E-state index contributed by atoms with van der Waals surface area (Å²) in [5.41, 5.74) is 0.554. The Kier molecular flexibility index (Phi) is 4.87. The highest BCUT2D eigenvalue weighted by Gasteiger charge is 2.13. The van der Waals surface area contributed by atoms with E-state index in [1.165, 1.54) is 18.2 Å². The maximum Gasteiger partial charge on any atom is 0.324 e. The summed E-state index contributed by atoms with van der Waals surface area (Å²) >= 11 is 7.00. The molecule has 2 heterocycles. The number of nitro groups is 1. The Labute approximate surface area is 149 Å². The van der Waals surface area contributed by atoms with E-state index in [-0.39, 0.29) is 16.9 Å². The number of thiophene rings is 1. The molecule has 8 nitrogen and oxygen atoms in total. The number of anilines is 1. The average molecular weight is 377 g/mol. The first-order chi connectivity index (χ1) is 12.0. The number of aromatic nitrogens is 2. The number of hydrogen-bond donors (Lipinski definition) is 1. The van der Waals surface area contributed by atoms with Crippen LogP contribution < -0.4 is 5.32 Å². The maximum atomic E-state index is 11.9. The molecule has 0 aliphatic heterocycles. The Morgan fingerprint density at radius 3 is 2.80 bits per heavy atom. The summed E-state index contributed by atoms with van der Waals surface area (Å²) in [6.07, 6.45) is 2.67. The molecule has 2 aromatic heterocycles. The van der Waals surface area contributed by atoms with E-state index in [0.717, 1.165) is 11.3 Å². The van der Waals surface area contributed by atoms with Crippen molar-refractivity contribution in [3.63, 3.8) is 0 Å². The summed E-state index contributed by atoms with van der Waals surface area (Å²) in [4.78, 5) is 22.6. The predicted octanol–water partition coefficient (Wildman–Crippen LogP) is 4.01. The average Bonchev–Trinajstić information content (AvgIpc) is 3.23. The molecule has 0 atom stereocenters. The van der Waals surface area contributed by atoms with E-state index in [2.05, 4.69) is 15.5 Å². The number of hydrogen-bond acceptors (Lipinski definition) is 7.